The van der Waals surface area contributed by atoms with Crippen LogP contribution in [0.3, 0.4) is 0 Å². The molecule has 0 aromatic heterocycles. The Morgan fingerprint density at radius 1 is 0.645 bits per heavy atom. The van der Waals surface area contributed by atoms with Crippen molar-refractivity contribution in [2.45, 2.75) is 69.9 Å². The van der Waals surface area contributed by atoms with Crippen molar-refractivity contribution in [3.8, 4) is 0 Å². The van der Waals surface area contributed by atoms with Crippen LogP contribution in [0.15, 0.2) is 0 Å². The van der Waals surface area contributed by atoms with Crippen molar-refractivity contribution in [1.82, 2.24) is 10.6 Å². The molecular weight excluding hydrogens is 412 g/mol. The largest absolute Gasteiger partial charge is 0.480 e. The number of hydrogen-bond acceptors (Lipinski definition) is 8. The van der Waals surface area contributed by atoms with Crippen molar-refractivity contribution in [2.75, 3.05) is 26.3 Å². The molecule has 0 bridgehead atoms. The second-order valence-electron chi connectivity index (χ2n) is 7.07. The van der Waals surface area contributed by atoms with Gasteiger partial charge in [-0.05, 0) is 57.8 Å². The molecule has 0 aromatic rings. The summed E-state index contributed by atoms with van der Waals surface area (Å²) in [6.07, 6.45) is 4.08. The summed E-state index contributed by atoms with van der Waals surface area (Å²) in [5.41, 5.74) is 10.8. The molecule has 0 unspecified atom stereocenters. The van der Waals surface area contributed by atoms with Crippen LogP contribution in [0.5, 0.6) is 0 Å². The molecule has 2 amide bonds. The number of amides is 2. The summed E-state index contributed by atoms with van der Waals surface area (Å²) in [4.78, 5) is 44.1. The Kier molecular flexibility index (Phi) is 16.7. The maximum atomic E-state index is 11.5. The number of aliphatic carboxylic acids is 2. The van der Waals surface area contributed by atoms with E-state index in [1.807, 2.05) is 0 Å². The third-order valence-corrected chi connectivity index (χ3v) is 4.31. The van der Waals surface area contributed by atoms with Crippen LogP contribution in [-0.4, -0.2) is 72.7 Å². The Bertz CT molecular complexity index is 501. The highest BCUT2D eigenvalue weighted by Gasteiger charge is 2.11. The number of carbonyl (C=O) groups excluding carboxylic acids is 2. The summed E-state index contributed by atoms with van der Waals surface area (Å²) >= 11 is 0. The predicted molar refractivity (Wildman–Crippen MR) is 111 cm³/mol. The van der Waals surface area contributed by atoms with E-state index in [9.17, 15) is 19.2 Å². The molecule has 0 aromatic carbocycles. The van der Waals surface area contributed by atoms with Gasteiger partial charge < -0.3 is 41.8 Å². The van der Waals surface area contributed by atoms with Gasteiger partial charge in [0.05, 0.1) is 13.2 Å². The second-order valence-corrected chi connectivity index (χ2v) is 7.07. The van der Waals surface area contributed by atoms with E-state index in [1.54, 1.807) is 0 Å². The zero-order valence-electron chi connectivity index (χ0n) is 17.8. The quantitative estimate of drug-likeness (QED) is 0.162. The summed E-state index contributed by atoms with van der Waals surface area (Å²) in [5.74, 6) is -2.07. The normalized spacial score (nSPS) is 12.5. The van der Waals surface area contributed by atoms with Crippen LogP contribution >= 0.6 is 0 Å². The first-order valence-corrected chi connectivity index (χ1v) is 10.5. The molecule has 0 saturated heterocycles. The van der Waals surface area contributed by atoms with Crippen LogP contribution < -0.4 is 22.1 Å². The van der Waals surface area contributed by atoms with Crippen molar-refractivity contribution >= 4 is 24.1 Å². The van der Waals surface area contributed by atoms with Crippen molar-refractivity contribution in [1.29, 1.82) is 0 Å². The number of nitrogens with one attached hydrogen (secondary N) is 2. The van der Waals surface area contributed by atoms with Gasteiger partial charge in [-0.3, -0.25) is 9.59 Å². The molecular formula is C19H36N4O8. The van der Waals surface area contributed by atoms with Crippen LogP contribution in [-0.2, 0) is 19.1 Å². The summed E-state index contributed by atoms with van der Waals surface area (Å²) in [6.45, 7) is 1.28. The number of unbranched alkanes of at least 4 members (excludes halogenated alkanes) is 4. The molecule has 2 atom stereocenters. The van der Waals surface area contributed by atoms with E-state index >= 15 is 0 Å². The molecule has 0 aliphatic rings. The zero-order valence-corrected chi connectivity index (χ0v) is 17.8. The maximum absolute atomic E-state index is 11.5. The minimum Gasteiger partial charge on any atom is -0.480 e. The van der Waals surface area contributed by atoms with E-state index in [0.29, 0.717) is 64.5 Å². The number of carboxylic acid groups (broad SMARTS) is 2. The van der Waals surface area contributed by atoms with E-state index in [0.717, 1.165) is 6.42 Å². The second kappa shape index (κ2) is 18.2. The molecule has 0 rings (SSSR count). The Hall–Kier alpha value is -2.60. The maximum Gasteiger partial charge on any atom is 0.407 e. The molecule has 31 heavy (non-hydrogen) atoms. The van der Waals surface area contributed by atoms with Gasteiger partial charge in [0.25, 0.3) is 0 Å². The molecule has 180 valence electrons. The summed E-state index contributed by atoms with van der Waals surface area (Å²) in [5, 5.41) is 22.5. The van der Waals surface area contributed by atoms with E-state index in [-0.39, 0.29) is 13.2 Å². The fraction of sp³-hybridized carbons (Fsp3) is 0.789. The average molecular weight is 449 g/mol. The number of ether oxygens (including phenoxy) is 2. The van der Waals surface area contributed by atoms with Crippen LogP contribution in [0.4, 0.5) is 9.59 Å². The lowest BCUT2D eigenvalue weighted by molar-refractivity contribution is -0.139. The first-order chi connectivity index (χ1) is 14.7. The van der Waals surface area contributed by atoms with Gasteiger partial charge in [0.15, 0.2) is 0 Å². The molecule has 0 aliphatic carbocycles. The monoisotopic (exact) mass is 448 g/mol. The summed E-state index contributed by atoms with van der Waals surface area (Å²) < 4.78 is 10.0. The van der Waals surface area contributed by atoms with Crippen molar-refractivity contribution in [2.24, 2.45) is 11.5 Å². The lowest BCUT2D eigenvalue weighted by Gasteiger charge is -2.09. The average Bonchev–Trinajstić information content (AvgIpc) is 2.71. The van der Waals surface area contributed by atoms with Gasteiger partial charge in [0, 0.05) is 13.1 Å². The molecule has 0 spiro atoms. The third kappa shape index (κ3) is 17.9. The van der Waals surface area contributed by atoms with Crippen LogP contribution in [0.25, 0.3) is 0 Å². The lowest BCUT2D eigenvalue weighted by Crippen LogP contribution is -2.30. The Balaban J connectivity index is 3.42. The van der Waals surface area contributed by atoms with E-state index in [1.165, 1.54) is 0 Å². The minimum atomic E-state index is -1.03. The topological polar surface area (TPSA) is 203 Å². The van der Waals surface area contributed by atoms with E-state index < -0.39 is 36.2 Å². The van der Waals surface area contributed by atoms with Gasteiger partial charge in [0.2, 0.25) is 0 Å². The highest BCUT2D eigenvalue weighted by molar-refractivity contribution is 5.73. The standard InChI is InChI=1S/C19H36N4O8/c20-14(16(24)25)8-2-4-10-22-18(28)30-12-6-1-7-13-31-19(29)23-11-5-3-9-15(21)17(26)27/h14-15H,1-13,20-21H2,(H,22,28)(H,23,29)(H,24,25)(H,26,27)/t14-,15-/m0/s1. The molecule has 0 saturated carbocycles. The van der Waals surface area contributed by atoms with Gasteiger partial charge in [0.1, 0.15) is 12.1 Å². The Morgan fingerprint density at radius 2 is 1.03 bits per heavy atom. The summed E-state index contributed by atoms with van der Waals surface area (Å²) in [7, 11) is 0. The number of rotatable bonds is 18. The van der Waals surface area contributed by atoms with E-state index in [4.69, 9.17) is 31.2 Å². The third-order valence-electron chi connectivity index (χ3n) is 4.31. The van der Waals surface area contributed by atoms with Gasteiger partial charge in [-0.2, -0.15) is 0 Å². The number of carboxylic acids is 2. The number of carbonyl (C=O) groups is 4. The molecule has 12 heteroatoms. The van der Waals surface area contributed by atoms with Gasteiger partial charge in [-0.15, -0.1) is 0 Å². The van der Waals surface area contributed by atoms with Crippen LogP contribution in [0.2, 0.25) is 0 Å². The highest BCUT2D eigenvalue weighted by atomic mass is 16.6. The smallest absolute Gasteiger partial charge is 0.407 e. The number of hydrogen-bond donors (Lipinski definition) is 6. The highest BCUT2D eigenvalue weighted by Crippen LogP contribution is 2.00. The van der Waals surface area contributed by atoms with Crippen LogP contribution in [0.1, 0.15) is 57.8 Å². The van der Waals surface area contributed by atoms with Crippen LogP contribution in [0, 0.1) is 0 Å². The molecule has 0 heterocycles. The van der Waals surface area contributed by atoms with Crippen molar-refractivity contribution in [3.63, 3.8) is 0 Å². The molecule has 12 nitrogen and oxygen atoms in total. The van der Waals surface area contributed by atoms with Gasteiger partial charge >= 0.3 is 24.1 Å². The molecule has 0 aliphatic heterocycles. The minimum absolute atomic E-state index is 0.250. The SMILES string of the molecule is N[C@@H](CCCCNC(=O)OCCCCCOC(=O)NCCCC[C@H](N)C(=O)O)C(=O)O. The van der Waals surface area contributed by atoms with Crippen molar-refractivity contribution in [3.05, 3.63) is 0 Å². The fourth-order valence-electron chi connectivity index (χ4n) is 2.42. The van der Waals surface area contributed by atoms with Gasteiger partial charge in [-0.1, -0.05) is 0 Å². The number of alkyl carbamates (subject to hydrolysis) is 2. The number of nitrogens with two attached hydrogens (primary N) is 2. The lowest BCUT2D eigenvalue weighted by atomic mass is 10.1. The van der Waals surface area contributed by atoms with E-state index in [2.05, 4.69) is 10.6 Å². The first-order valence-electron chi connectivity index (χ1n) is 10.5. The zero-order chi connectivity index (χ0) is 23.5. The van der Waals surface area contributed by atoms with Crippen molar-refractivity contribution < 1.29 is 38.9 Å². The fourth-order valence-corrected chi connectivity index (χ4v) is 2.42. The molecule has 8 N–H and O–H groups in total. The molecule has 0 fully saturated rings. The predicted octanol–water partition coefficient (Wildman–Crippen LogP) is 0.774. The molecule has 0 radical (unpaired) electrons. The summed E-state index contributed by atoms with van der Waals surface area (Å²) in [6, 6.07) is -1.76. The van der Waals surface area contributed by atoms with Gasteiger partial charge in [-0.25, -0.2) is 9.59 Å². The Labute approximate surface area is 182 Å². The Morgan fingerprint density at radius 3 is 1.39 bits per heavy atom. The first kappa shape index (κ1) is 28.4.